The van der Waals surface area contributed by atoms with Gasteiger partial charge in [0.2, 0.25) is 5.95 Å². The van der Waals surface area contributed by atoms with Crippen LogP contribution in [0.3, 0.4) is 0 Å². The fourth-order valence-electron chi connectivity index (χ4n) is 3.64. The minimum absolute atomic E-state index is 0.0224. The van der Waals surface area contributed by atoms with Crippen LogP contribution in [0.5, 0.6) is 0 Å². The second kappa shape index (κ2) is 8.85. The molecule has 1 amide bonds. The molecule has 2 aliphatic rings. The highest BCUT2D eigenvalue weighted by Gasteiger charge is 2.44. The number of anilines is 2. The first-order valence-corrected chi connectivity index (χ1v) is 10.8. The molecule has 1 aliphatic heterocycles. The van der Waals surface area contributed by atoms with Crippen molar-refractivity contribution in [3.8, 4) is 0 Å². The molecule has 4 heterocycles. The highest BCUT2D eigenvalue weighted by atomic mass is 19.4. The van der Waals surface area contributed by atoms with Crippen LogP contribution in [0.15, 0.2) is 18.5 Å². The number of alkyl carbamates (subject to hydrolysis) is 1. The number of carbonyl (C=O) groups excluding carboxylic acids is 1. The number of halogens is 5. The first-order chi connectivity index (χ1) is 17.0. The first kappa shape index (κ1) is 24.2. The van der Waals surface area contributed by atoms with Gasteiger partial charge >= 0.3 is 12.5 Å². The number of carbonyl (C=O) groups is 1. The van der Waals surface area contributed by atoms with Crippen molar-refractivity contribution in [2.75, 3.05) is 11.9 Å². The Hall–Kier alpha value is -3.53. The van der Waals surface area contributed by atoms with E-state index in [0.717, 1.165) is 29.6 Å². The Morgan fingerprint density at radius 2 is 2.17 bits per heavy atom. The zero-order valence-corrected chi connectivity index (χ0v) is 18.6. The van der Waals surface area contributed by atoms with E-state index >= 15 is 0 Å². The lowest BCUT2D eigenvalue weighted by molar-refractivity contribution is -0.330. The normalized spacial score (nSPS) is 23.1. The van der Waals surface area contributed by atoms with Gasteiger partial charge in [0.25, 0.3) is 0 Å². The maximum Gasteiger partial charge on any atom is 0.522 e. The number of rotatable bonds is 7. The fourth-order valence-corrected chi connectivity index (χ4v) is 3.64. The highest BCUT2D eigenvalue weighted by molar-refractivity contribution is 5.69. The molecule has 16 heteroatoms. The maximum atomic E-state index is 14.9. The Kier molecular flexibility index (Phi) is 5.94. The molecular formula is C20H20F5N7O4. The number of ether oxygens (including phenoxy) is 3. The van der Waals surface area contributed by atoms with Crippen LogP contribution in [0.2, 0.25) is 0 Å². The topological polar surface area (TPSA) is 128 Å². The van der Waals surface area contributed by atoms with Crippen molar-refractivity contribution in [3.05, 3.63) is 35.7 Å². The Labute approximate surface area is 199 Å². The van der Waals surface area contributed by atoms with E-state index in [1.807, 2.05) is 6.92 Å². The standard InChI is InChI=1S/C20H20F5N7O4/c1-19(2-3-19)29-18(33)36-12-8-34-15(14(12)22)11-4-13(31-30-11)28-17-26-5-10(21)16-27-9(6-32(16)17)7-35-20(23,24)25/h4-6,12,14-15H,2-3,7-8H2,1H3,(H,29,33)(H2,26,28,30,31)/t12-,14-,15-/m0/s1. The van der Waals surface area contributed by atoms with Gasteiger partial charge in [-0.05, 0) is 19.8 Å². The quantitative estimate of drug-likeness (QED) is 0.407. The molecule has 1 saturated heterocycles. The number of alkyl halides is 4. The van der Waals surface area contributed by atoms with Crippen LogP contribution in [0.1, 0.15) is 37.3 Å². The van der Waals surface area contributed by atoms with Crippen LogP contribution in [0.25, 0.3) is 5.65 Å². The molecule has 194 valence electrons. The van der Waals surface area contributed by atoms with Gasteiger partial charge in [0, 0.05) is 17.8 Å². The minimum atomic E-state index is -4.88. The van der Waals surface area contributed by atoms with Crippen LogP contribution in [-0.2, 0) is 20.8 Å². The molecule has 5 rings (SSSR count). The van der Waals surface area contributed by atoms with Gasteiger partial charge < -0.3 is 20.1 Å². The molecule has 0 spiro atoms. The largest absolute Gasteiger partial charge is 0.522 e. The number of nitrogens with one attached hydrogen (secondary N) is 3. The molecule has 1 aliphatic carbocycles. The predicted octanol–water partition coefficient (Wildman–Crippen LogP) is 3.43. The average Bonchev–Trinajstić information content (AvgIpc) is 3.16. The van der Waals surface area contributed by atoms with Crippen LogP contribution in [0, 0.1) is 5.82 Å². The molecule has 1 saturated carbocycles. The van der Waals surface area contributed by atoms with Gasteiger partial charge in [0.05, 0.1) is 30.8 Å². The molecule has 3 aromatic rings. The maximum absolute atomic E-state index is 14.9. The van der Waals surface area contributed by atoms with Crippen LogP contribution < -0.4 is 10.6 Å². The summed E-state index contributed by atoms with van der Waals surface area (Å²) in [5, 5.41) is 12.1. The predicted molar refractivity (Wildman–Crippen MR) is 110 cm³/mol. The van der Waals surface area contributed by atoms with Gasteiger partial charge in [-0.2, -0.15) is 5.10 Å². The molecule has 0 bridgehead atoms. The third kappa shape index (κ3) is 5.18. The van der Waals surface area contributed by atoms with Gasteiger partial charge in [-0.15, -0.1) is 13.2 Å². The SMILES string of the molecule is CC1(NC(=O)O[C@H]2CO[C@@H](c3cc(Nc4ncc(F)c5nc(COC(F)(F)F)cn45)n[nH]3)[C@H]2F)CC1. The number of amides is 1. The van der Waals surface area contributed by atoms with E-state index in [1.165, 1.54) is 6.07 Å². The van der Waals surface area contributed by atoms with Crippen LogP contribution >= 0.6 is 0 Å². The van der Waals surface area contributed by atoms with Crippen LogP contribution in [-0.4, -0.2) is 61.4 Å². The molecule has 0 radical (unpaired) electrons. The number of fused-ring (bicyclic) bond motifs is 1. The summed E-state index contributed by atoms with van der Waals surface area (Å²) in [6.45, 7) is 0.780. The number of aromatic amines is 1. The number of H-pyrrole nitrogens is 1. The smallest absolute Gasteiger partial charge is 0.441 e. The molecule has 36 heavy (non-hydrogen) atoms. The summed E-state index contributed by atoms with van der Waals surface area (Å²) in [4.78, 5) is 19.7. The second-order valence-electron chi connectivity index (χ2n) is 8.75. The highest BCUT2D eigenvalue weighted by Crippen LogP contribution is 2.36. The zero-order valence-electron chi connectivity index (χ0n) is 18.6. The van der Waals surface area contributed by atoms with Gasteiger partial charge in [-0.25, -0.2) is 23.5 Å². The van der Waals surface area contributed by atoms with Crippen molar-refractivity contribution < 1.29 is 41.0 Å². The molecule has 2 fully saturated rings. The van der Waals surface area contributed by atoms with E-state index in [1.54, 1.807) is 0 Å². The summed E-state index contributed by atoms with van der Waals surface area (Å²) in [6.07, 6.45) is -5.86. The Morgan fingerprint density at radius 1 is 1.39 bits per heavy atom. The van der Waals surface area contributed by atoms with Gasteiger partial charge in [0.15, 0.2) is 29.6 Å². The second-order valence-corrected chi connectivity index (χ2v) is 8.75. The van der Waals surface area contributed by atoms with E-state index in [0.29, 0.717) is 0 Å². The summed E-state index contributed by atoms with van der Waals surface area (Å²) in [7, 11) is 0. The first-order valence-electron chi connectivity index (χ1n) is 10.8. The van der Waals surface area contributed by atoms with Crippen molar-refractivity contribution >= 4 is 23.5 Å². The Balaban J connectivity index is 1.26. The van der Waals surface area contributed by atoms with Crippen molar-refractivity contribution in [1.29, 1.82) is 0 Å². The third-order valence-electron chi connectivity index (χ3n) is 5.77. The number of imidazole rings is 1. The summed E-state index contributed by atoms with van der Waals surface area (Å²) < 4.78 is 81.4. The molecule has 0 aromatic carbocycles. The Morgan fingerprint density at radius 3 is 2.89 bits per heavy atom. The van der Waals surface area contributed by atoms with Crippen molar-refractivity contribution in [2.24, 2.45) is 0 Å². The van der Waals surface area contributed by atoms with Crippen molar-refractivity contribution in [3.63, 3.8) is 0 Å². The van der Waals surface area contributed by atoms with Gasteiger partial charge in [0.1, 0.15) is 6.10 Å². The third-order valence-corrected chi connectivity index (χ3v) is 5.77. The Bertz CT molecular complexity index is 1280. The number of aromatic nitrogens is 5. The molecule has 0 unspecified atom stereocenters. The van der Waals surface area contributed by atoms with Crippen molar-refractivity contribution in [2.45, 2.75) is 56.7 Å². The summed E-state index contributed by atoms with van der Waals surface area (Å²) in [6, 6.07) is 1.41. The van der Waals surface area contributed by atoms with E-state index in [2.05, 4.69) is 35.5 Å². The summed E-state index contributed by atoms with van der Waals surface area (Å²) >= 11 is 0. The fraction of sp³-hybridized carbons (Fsp3) is 0.500. The summed E-state index contributed by atoms with van der Waals surface area (Å²) in [5.74, 6) is -0.760. The molecule has 11 nitrogen and oxygen atoms in total. The molecule has 3 aromatic heterocycles. The van der Waals surface area contributed by atoms with E-state index in [-0.39, 0.29) is 40.9 Å². The van der Waals surface area contributed by atoms with Crippen molar-refractivity contribution in [1.82, 2.24) is 29.9 Å². The number of nitrogens with zero attached hydrogens (tertiary/aromatic N) is 4. The lowest BCUT2D eigenvalue weighted by Crippen LogP contribution is -2.39. The van der Waals surface area contributed by atoms with Crippen LogP contribution in [0.4, 0.5) is 38.5 Å². The summed E-state index contributed by atoms with van der Waals surface area (Å²) in [5.41, 5.74) is -0.554. The van der Waals surface area contributed by atoms with Gasteiger partial charge in [-0.1, -0.05) is 0 Å². The van der Waals surface area contributed by atoms with Gasteiger partial charge in [-0.3, -0.25) is 14.2 Å². The molecule has 3 atom stereocenters. The average molecular weight is 517 g/mol. The molecular weight excluding hydrogens is 497 g/mol. The van der Waals surface area contributed by atoms with E-state index in [9.17, 15) is 26.7 Å². The lowest BCUT2D eigenvalue weighted by Gasteiger charge is -2.17. The number of hydrogen-bond donors (Lipinski definition) is 3. The van der Waals surface area contributed by atoms with E-state index in [4.69, 9.17) is 9.47 Å². The zero-order chi connectivity index (χ0) is 25.7. The number of hydrogen-bond acceptors (Lipinski definition) is 8. The monoisotopic (exact) mass is 517 g/mol. The molecule has 3 N–H and O–H groups in total. The minimum Gasteiger partial charge on any atom is -0.441 e. The lowest BCUT2D eigenvalue weighted by atomic mass is 10.1. The van der Waals surface area contributed by atoms with E-state index < -0.39 is 43.3 Å².